The van der Waals surface area contributed by atoms with Crippen LogP contribution in [0.15, 0.2) is 48.5 Å². The molecule has 0 fully saturated rings. The second-order valence-electron chi connectivity index (χ2n) is 5.29. The predicted octanol–water partition coefficient (Wildman–Crippen LogP) is 3.75. The van der Waals surface area contributed by atoms with Crippen molar-refractivity contribution in [1.29, 1.82) is 0 Å². The molecule has 0 saturated heterocycles. The zero-order valence-electron chi connectivity index (χ0n) is 14.0. The highest BCUT2D eigenvalue weighted by atomic mass is 35.5. The van der Waals surface area contributed by atoms with Gasteiger partial charge in [-0.15, -0.1) is 0 Å². The minimum atomic E-state index is -0.359. The number of para-hydroxylation sites is 1. The van der Waals surface area contributed by atoms with Crippen molar-refractivity contribution in [2.24, 2.45) is 0 Å². The van der Waals surface area contributed by atoms with Crippen LogP contribution < -0.4 is 10.6 Å². The van der Waals surface area contributed by atoms with Gasteiger partial charge in [-0.1, -0.05) is 35.9 Å². The first-order valence-corrected chi connectivity index (χ1v) is 8.52. The summed E-state index contributed by atoms with van der Waals surface area (Å²) < 4.78 is 5.24. The van der Waals surface area contributed by atoms with Crippen molar-refractivity contribution in [1.82, 2.24) is 5.32 Å². The van der Waals surface area contributed by atoms with Gasteiger partial charge in [-0.25, -0.2) is 0 Å². The number of carbonyl (C=O) groups excluding carboxylic acids is 2. The second kappa shape index (κ2) is 9.81. The number of hydrogen-bond donors (Lipinski definition) is 2. The molecule has 6 heteroatoms. The third-order valence-electron chi connectivity index (χ3n) is 3.49. The minimum Gasteiger partial charge on any atom is -0.382 e. The van der Waals surface area contributed by atoms with Crippen molar-refractivity contribution in [3.8, 4) is 0 Å². The van der Waals surface area contributed by atoms with Crippen LogP contribution >= 0.6 is 11.6 Å². The SMILES string of the molecule is CCOCCCNC(=O)c1ccccc1NC(=O)c1ccccc1Cl. The van der Waals surface area contributed by atoms with Gasteiger partial charge in [0, 0.05) is 19.8 Å². The van der Waals surface area contributed by atoms with Crippen molar-refractivity contribution in [2.75, 3.05) is 25.1 Å². The van der Waals surface area contributed by atoms with Gasteiger partial charge in [-0.3, -0.25) is 9.59 Å². The summed E-state index contributed by atoms with van der Waals surface area (Å²) >= 11 is 6.05. The van der Waals surface area contributed by atoms with Gasteiger partial charge in [-0.2, -0.15) is 0 Å². The van der Waals surface area contributed by atoms with Crippen LogP contribution in [0.5, 0.6) is 0 Å². The summed E-state index contributed by atoms with van der Waals surface area (Å²) in [5, 5.41) is 5.94. The lowest BCUT2D eigenvalue weighted by Gasteiger charge is -2.12. The first-order valence-electron chi connectivity index (χ1n) is 8.14. The Balaban J connectivity index is 2.03. The van der Waals surface area contributed by atoms with Crippen LogP contribution in [0.3, 0.4) is 0 Å². The zero-order valence-corrected chi connectivity index (χ0v) is 14.8. The van der Waals surface area contributed by atoms with E-state index in [9.17, 15) is 9.59 Å². The van der Waals surface area contributed by atoms with Crippen molar-refractivity contribution >= 4 is 29.1 Å². The summed E-state index contributed by atoms with van der Waals surface area (Å²) in [6, 6.07) is 13.6. The van der Waals surface area contributed by atoms with E-state index < -0.39 is 0 Å². The monoisotopic (exact) mass is 360 g/mol. The predicted molar refractivity (Wildman–Crippen MR) is 99.3 cm³/mol. The smallest absolute Gasteiger partial charge is 0.257 e. The maximum absolute atomic E-state index is 12.4. The zero-order chi connectivity index (χ0) is 18.1. The Labute approximate surface area is 152 Å². The molecule has 2 aromatic rings. The van der Waals surface area contributed by atoms with Gasteiger partial charge < -0.3 is 15.4 Å². The maximum atomic E-state index is 12.4. The molecule has 0 spiro atoms. The molecular formula is C19H21ClN2O3. The largest absolute Gasteiger partial charge is 0.382 e. The number of halogens is 1. The van der Waals surface area contributed by atoms with Crippen molar-refractivity contribution in [2.45, 2.75) is 13.3 Å². The van der Waals surface area contributed by atoms with Crippen molar-refractivity contribution < 1.29 is 14.3 Å². The average molecular weight is 361 g/mol. The Kier molecular flexibility index (Phi) is 7.44. The Morgan fingerprint density at radius 2 is 1.68 bits per heavy atom. The van der Waals surface area contributed by atoms with Crippen molar-refractivity contribution in [3.63, 3.8) is 0 Å². The molecule has 0 aliphatic heterocycles. The van der Waals surface area contributed by atoms with E-state index in [1.54, 1.807) is 48.5 Å². The van der Waals surface area contributed by atoms with Gasteiger partial charge in [0.15, 0.2) is 0 Å². The molecule has 0 aliphatic rings. The van der Waals surface area contributed by atoms with Gasteiger partial charge in [0.2, 0.25) is 0 Å². The van der Waals surface area contributed by atoms with E-state index in [1.807, 2.05) is 6.92 Å². The molecule has 25 heavy (non-hydrogen) atoms. The molecule has 2 amide bonds. The normalized spacial score (nSPS) is 10.3. The van der Waals surface area contributed by atoms with E-state index in [2.05, 4.69) is 10.6 Å². The highest BCUT2D eigenvalue weighted by Gasteiger charge is 2.15. The summed E-state index contributed by atoms with van der Waals surface area (Å²) in [6.45, 7) is 3.69. The summed E-state index contributed by atoms with van der Waals surface area (Å²) in [4.78, 5) is 24.8. The molecule has 2 aromatic carbocycles. The van der Waals surface area contributed by atoms with E-state index >= 15 is 0 Å². The van der Waals surface area contributed by atoms with E-state index in [1.165, 1.54) is 0 Å². The number of ether oxygens (including phenoxy) is 1. The third kappa shape index (κ3) is 5.59. The highest BCUT2D eigenvalue weighted by molar-refractivity contribution is 6.34. The van der Waals surface area contributed by atoms with Gasteiger partial charge >= 0.3 is 0 Å². The first-order chi connectivity index (χ1) is 12.1. The molecule has 2 N–H and O–H groups in total. The first kappa shape index (κ1) is 19.0. The average Bonchev–Trinajstić information content (AvgIpc) is 2.62. The molecule has 0 radical (unpaired) electrons. The molecule has 0 aromatic heterocycles. The minimum absolute atomic E-state index is 0.244. The summed E-state index contributed by atoms with van der Waals surface area (Å²) in [5.41, 5.74) is 1.20. The van der Waals surface area contributed by atoms with Crippen LogP contribution in [0.4, 0.5) is 5.69 Å². The number of benzene rings is 2. The molecular weight excluding hydrogens is 340 g/mol. The van der Waals surface area contributed by atoms with Gasteiger partial charge in [0.05, 0.1) is 21.8 Å². The Bertz CT molecular complexity index is 734. The molecule has 2 rings (SSSR count). The lowest BCUT2D eigenvalue weighted by molar-refractivity contribution is 0.0945. The second-order valence-corrected chi connectivity index (χ2v) is 5.69. The fraction of sp³-hybridized carbons (Fsp3) is 0.263. The van der Waals surface area contributed by atoms with E-state index in [0.717, 1.165) is 6.42 Å². The molecule has 0 heterocycles. The van der Waals surface area contributed by atoms with Gasteiger partial charge in [0.25, 0.3) is 11.8 Å². The van der Waals surface area contributed by atoms with E-state index in [4.69, 9.17) is 16.3 Å². The summed E-state index contributed by atoms with van der Waals surface area (Å²) in [5.74, 6) is -0.603. The topological polar surface area (TPSA) is 67.4 Å². The molecule has 0 unspecified atom stereocenters. The lowest BCUT2D eigenvalue weighted by Crippen LogP contribution is -2.27. The summed E-state index contributed by atoms with van der Waals surface area (Å²) in [7, 11) is 0. The van der Waals surface area contributed by atoms with Gasteiger partial charge in [0.1, 0.15) is 0 Å². The number of rotatable bonds is 8. The standard InChI is InChI=1S/C19H21ClN2O3/c1-2-25-13-7-12-21-18(23)15-9-4-6-11-17(15)22-19(24)14-8-3-5-10-16(14)20/h3-6,8-11H,2,7,12-13H2,1H3,(H,21,23)(H,22,24). The molecule has 132 valence electrons. The number of amides is 2. The molecule has 0 bridgehead atoms. The lowest BCUT2D eigenvalue weighted by atomic mass is 10.1. The highest BCUT2D eigenvalue weighted by Crippen LogP contribution is 2.19. The summed E-state index contributed by atoms with van der Waals surface area (Å²) in [6.07, 6.45) is 0.730. The van der Waals surface area contributed by atoms with E-state index in [-0.39, 0.29) is 11.8 Å². The van der Waals surface area contributed by atoms with Crippen LogP contribution in [-0.4, -0.2) is 31.6 Å². The van der Waals surface area contributed by atoms with E-state index in [0.29, 0.717) is 41.6 Å². The van der Waals surface area contributed by atoms with Gasteiger partial charge in [-0.05, 0) is 37.6 Å². The Morgan fingerprint density at radius 3 is 2.40 bits per heavy atom. The third-order valence-corrected chi connectivity index (χ3v) is 3.82. The molecule has 0 saturated carbocycles. The molecule has 0 atom stereocenters. The van der Waals surface area contributed by atoms with Crippen molar-refractivity contribution in [3.05, 3.63) is 64.7 Å². The number of carbonyl (C=O) groups is 2. The molecule has 0 aliphatic carbocycles. The van der Waals surface area contributed by atoms with Crippen LogP contribution in [0.2, 0.25) is 5.02 Å². The van der Waals surface area contributed by atoms with Crippen LogP contribution in [0, 0.1) is 0 Å². The maximum Gasteiger partial charge on any atom is 0.257 e. The van der Waals surface area contributed by atoms with Crippen LogP contribution in [0.1, 0.15) is 34.1 Å². The molecule has 5 nitrogen and oxygen atoms in total. The number of anilines is 1. The Hall–Kier alpha value is -2.37. The van der Waals surface area contributed by atoms with Crippen LogP contribution in [-0.2, 0) is 4.74 Å². The quantitative estimate of drug-likeness (QED) is 0.704. The van der Waals surface area contributed by atoms with Crippen LogP contribution in [0.25, 0.3) is 0 Å². The fourth-order valence-electron chi connectivity index (χ4n) is 2.24. The Morgan fingerprint density at radius 1 is 1.00 bits per heavy atom. The number of nitrogens with one attached hydrogen (secondary N) is 2. The number of hydrogen-bond acceptors (Lipinski definition) is 3. The fourth-order valence-corrected chi connectivity index (χ4v) is 2.46.